The molecule has 0 unspecified atom stereocenters. The zero-order valence-electron chi connectivity index (χ0n) is 16.1. The maximum Gasteiger partial charge on any atom is 0.277 e. The van der Waals surface area contributed by atoms with Gasteiger partial charge in [-0.2, -0.15) is 0 Å². The molecule has 152 valence electrons. The Morgan fingerprint density at radius 3 is 2.55 bits per heavy atom. The van der Waals surface area contributed by atoms with Gasteiger partial charge in [-0.3, -0.25) is 4.79 Å². The van der Waals surface area contributed by atoms with Crippen LogP contribution in [0.3, 0.4) is 0 Å². The molecule has 0 saturated heterocycles. The van der Waals surface area contributed by atoms with Gasteiger partial charge in [-0.15, -0.1) is 10.2 Å². The quantitative estimate of drug-likeness (QED) is 0.500. The molecule has 0 radical (unpaired) electrons. The lowest BCUT2D eigenvalue weighted by molar-refractivity contribution is -0.113. The van der Waals surface area contributed by atoms with Crippen molar-refractivity contribution in [1.29, 1.82) is 0 Å². The van der Waals surface area contributed by atoms with Crippen LogP contribution in [0.5, 0.6) is 17.2 Å². The molecule has 0 saturated carbocycles. The normalized spacial score (nSPS) is 10.4. The molecule has 0 spiro atoms. The maximum absolute atomic E-state index is 12.1. The van der Waals surface area contributed by atoms with E-state index in [0.29, 0.717) is 34.9 Å². The molecule has 8 nitrogen and oxygen atoms in total. The minimum Gasteiger partial charge on any atom is -0.494 e. The van der Waals surface area contributed by atoms with Crippen LogP contribution in [0.15, 0.2) is 58.2 Å². The Balaban J connectivity index is 1.45. The summed E-state index contributed by atoms with van der Waals surface area (Å²) in [6.45, 7) is 2.62. The lowest BCUT2D eigenvalue weighted by Gasteiger charge is -2.08. The fourth-order valence-electron chi connectivity index (χ4n) is 2.36. The number of ether oxygens (including phenoxy) is 3. The molecule has 0 aliphatic carbocycles. The van der Waals surface area contributed by atoms with E-state index in [1.54, 1.807) is 43.5 Å². The van der Waals surface area contributed by atoms with E-state index in [-0.39, 0.29) is 18.3 Å². The van der Waals surface area contributed by atoms with Crippen LogP contribution in [0.25, 0.3) is 0 Å². The first kappa shape index (κ1) is 20.5. The molecule has 1 aromatic heterocycles. The first-order valence-electron chi connectivity index (χ1n) is 8.91. The number of rotatable bonds is 10. The summed E-state index contributed by atoms with van der Waals surface area (Å²) >= 11 is 1.15. The molecule has 0 fully saturated rings. The van der Waals surface area contributed by atoms with E-state index in [0.717, 1.165) is 17.5 Å². The van der Waals surface area contributed by atoms with Crippen molar-refractivity contribution in [3.63, 3.8) is 0 Å². The molecule has 29 heavy (non-hydrogen) atoms. The van der Waals surface area contributed by atoms with Crippen molar-refractivity contribution < 1.29 is 23.4 Å². The number of amides is 1. The first-order valence-corrected chi connectivity index (χ1v) is 9.90. The zero-order chi connectivity index (χ0) is 20.5. The number of para-hydroxylation sites is 2. The molecule has 1 amide bonds. The number of methoxy groups -OCH3 is 1. The summed E-state index contributed by atoms with van der Waals surface area (Å²) in [5, 5.41) is 10.9. The summed E-state index contributed by atoms with van der Waals surface area (Å²) < 4.78 is 21.7. The average molecular weight is 415 g/mol. The second-order valence-electron chi connectivity index (χ2n) is 5.70. The third-order valence-corrected chi connectivity index (χ3v) is 4.46. The first-order chi connectivity index (χ1) is 14.2. The van der Waals surface area contributed by atoms with Gasteiger partial charge in [0.05, 0.1) is 19.5 Å². The number of hydrogen-bond acceptors (Lipinski definition) is 8. The Labute approximate surface area is 172 Å². The Kier molecular flexibility index (Phi) is 7.34. The topological polar surface area (TPSA) is 95.7 Å². The summed E-state index contributed by atoms with van der Waals surface area (Å²) in [5.41, 5.74) is 0.690. The van der Waals surface area contributed by atoms with E-state index < -0.39 is 0 Å². The Bertz CT molecular complexity index is 930. The van der Waals surface area contributed by atoms with Gasteiger partial charge in [0, 0.05) is 5.69 Å². The summed E-state index contributed by atoms with van der Waals surface area (Å²) in [6, 6.07) is 14.5. The van der Waals surface area contributed by atoms with Gasteiger partial charge in [-0.1, -0.05) is 23.9 Å². The van der Waals surface area contributed by atoms with Crippen LogP contribution < -0.4 is 19.5 Å². The number of anilines is 1. The molecule has 2 aromatic carbocycles. The second kappa shape index (κ2) is 10.4. The van der Waals surface area contributed by atoms with Crippen LogP contribution in [0.4, 0.5) is 5.69 Å². The van der Waals surface area contributed by atoms with Crippen molar-refractivity contribution in [2.24, 2.45) is 0 Å². The molecule has 0 aliphatic rings. The highest BCUT2D eigenvalue weighted by Crippen LogP contribution is 2.27. The summed E-state index contributed by atoms with van der Waals surface area (Å²) in [6.07, 6.45) is 0. The lowest BCUT2D eigenvalue weighted by atomic mass is 10.3. The fourth-order valence-corrected chi connectivity index (χ4v) is 2.94. The zero-order valence-corrected chi connectivity index (χ0v) is 16.9. The molecule has 9 heteroatoms. The molecule has 1 N–H and O–H groups in total. The number of aromatic nitrogens is 2. The molecule has 3 aromatic rings. The molecule has 0 aliphatic heterocycles. The molecule has 3 rings (SSSR count). The van der Waals surface area contributed by atoms with E-state index in [1.807, 2.05) is 19.1 Å². The van der Waals surface area contributed by atoms with Crippen molar-refractivity contribution in [2.45, 2.75) is 18.8 Å². The molecule has 0 bridgehead atoms. The summed E-state index contributed by atoms with van der Waals surface area (Å²) in [5.74, 6) is 2.23. The third kappa shape index (κ3) is 6.15. The van der Waals surface area contributed by atoms with Crippen LogP contribution in [-0.2, 0) is 11.4 Å². The van der Waals surface area contributed by atoms with Gasteiger partial charge in [0.15, 0.2) is 18.1 Å². The van der Waals surface area contributed by atoms with Crippen LogP contribution in [0, 0.1) is 0 Å². The van der Waals surface area contributed by atoms with Crippen LogP contribution >= 0.6 is 11.8 Å². The van der Waals surface area contributed by atoms with Gasteiger partial charge in [-0.05, 0) is 43.3 Å². The average Bonchev–Trinajstić information content (AvgIpc) is 3.20. The van der Waals surface area contributed by atoms with Crippen molar-refractivity contribution in [3.05, 3.63) is 54.4 Å². The highest BCUT2D eigenvalue weighted by atomic mass is 32.2. The van der Waals surface area contributed by atoms with Crippen molar-refractivity contribution in [3.8, 4) is 17.2 Å². The van der Waals surface area contributed by atoms with E-state index in [1.165, 1.54) is 0 Å². The highest BCUT2D eigenvalue weighted by Gasteiger charge is 2.12. The van der Waals surface area contributed by atoms with Gasteiger partial charge in [0.25, 0.3) is 11.1 Å². The van der Waals surface area contributed by atoms with Crippen LogP contribution in [0.2, 0.25) is 0 Å². The minimum absolute atomic E-state index is 0.103. The maximum atomic E-state index is 12.1. The minimum atomic E-state index is -0.177. The number of carbonyl (C=O) groups is 1. The lowest BCUT2D eigenvalue weighted by Crippen LogP contribution is -2.13. The number of thioether (sulfide) groups is 1. The SMILES string of the molecule is CCOc1ccc(NC(=O)CSc2nnc(COc3ccccc3OC)o2)cc1. The van der Waals surface area contributed by atoms with Crippen LogP contribution in [-0.4, -0.2) is 35.6 Å². The molecule has 1 heterocycles. The smallest absolute Gasteiger partial charge is 0.277 e. The van der Waals surface area contributed by atoms with E-state index in [4.69, 9.17) is 18.6 Å². The van der Waals surface area contributed by atoms with Crippen molar-refractivity contribution in [1.82, 2.24) is 10.2 Å². The van der Waals surface area contributed by atoms with Gasteiger partial charge in [-0.25, -0.2) is 0 Å². The number of benzene rings is 2. The predicted molar refractivity (Wildman–Crippen MR) is 109 cm³/mol. The number of nitrogens with zero attached hydrogens (tertiary/aromatic N) is 2. The second-order valence-corrected chi connectivity index (χ2v) is 6.62. The van der Waals surface area contributed by atoms with E-state index in [2.05, 4.69) is 15.5 Å². The van der Waals surface area contributed by atoms with E-state index >= 15 is 0 Å². The molecular formula is C20H21N3O5S. The fraction of sp³-hybridized carbons (Fsp3) is 0.250. The van der Waals surface area contributed by atoms with Gasteiger partial charge in [0.1, 0.15) is 5.75 Å². The summed E-state index contributed by atoms with van der Waals surface area (Å²) in [7, 11) is 1.57. The van der Waals surface area contributed by atoms with E-state index in [9.17, 15) is 4.79 Å². The Morgan fingerprint density at radius 2 is 1.83 bits per heavy atom. The summed E-state index contributed by atoms with van der Waals surface area (Å²) in [4.78, 5) is 12.1. The number of hydrogen-bond donors (Lipinski definition) is 1. The standard InChI is InChI=1S/C20H21N3O5S/c1-3-26-15-10-8-14(9-11-15)21-18(24)13-29-20-23-22-19(28-20)12-27-17-7-5-4-6-16(17)25-2/h4-11H,3,12-13H2,1-2H3,(H,21,24). The van der Waals surface area contributed by atoms with Crippen LogP contribution in [0.1, 0.15) is 12.8 Å². The predicted octanol–water partition coefficient (Wildman–Crippen LogP) is 3.79. The Hall–Kier alpha value is -3.20. The molecular weight excluding hydrogens is 394 g/mol. The monoisotopic (exact) mass is 415 g/mol. The number of nitrogens with one attached hydrogen (secondary N) is 1. The highest BCUT2D eigenvalue weighted by molar-refractivity contribution is 7.99. The van der Waals surface area contributed by atoms with Gasteiger partial charge < -0.3 is 23.9 Å². The Morgan fingerprint density at radius 1 is 1.07 bits per heavy atom. The number of carbonyl (C=O) groups excluding carboxylic acids is 1. The van der Waals surface area contributed by atoms with Crippen molar-refractivity contribution >= 4 is 23.4 Å². The largest absolute Gasteiger partial charge is 0.494 e. The van der Waals surface area contributed by atoms with Gasteiger partial charge >= 0.3 is 0 Å². The van der Waals surface area contributed by atoms with Crippen molar-refractivity contribution in [2.75, 3.05) is 24.8 Å². The third-order valence-electron chi connectivity index (χ3n) is 3.64. The molecule has 0 atom stereocenters. The van der Waals surface area contributed by atoms with Gasteiger partial charge in [0.2, 0.25) is 5.91 Å².